The van der Waals surface area contributed by atoms with E-state index in [0.717, 1.165) is 23.5 Å². The predicted octanol–water partition coefficient (Wildman–Crippen LogP) is 3.14. The number of amides is 2. The van der Waals surface area contributed by atoms with Gasteiger partial charge in [-0.15, -0.1) is 11.3 Å². The lowest BCUT2D eigenvalue weighted by molar-refractivity contribution is -0.130. The number of rotatable bonds is 4. The fourth-order valence-electron chi connectivity index (χ4n) is 2.93. The summed E-state index contributed by atoms with van der Waals surface area (Å²) >= 11 is 1.09. The molecule has 0 radical (unpaired) electrons. The number of thiazole rings is 1. The summed E-state index contributed by atoms with van der Waals surface area (Å²) in [6.45, 7) is 6.15. The number of aromatic nitrogens is 1. The molecule has 0 saturated carbocycles. The Bertz CT molecular complexity index is 866. The molecule has 1 N–H and O–H groups in total. The van der Waals surface area contributed by atoms with Crippen molar-refractivity contribution in [2.45, 2.75) is 39.3 Å². The van der Waals surface area contributed by atoms with Crippen LogP contribution in [0.25, 0.3) is 10.6 Å². The van der Waals surface area contributed by atoms with E-state index < -0.39 is 17.7 Å². The molecule has 1 aliphatic rings. The van der Waals surface area contributed by atoms with E-state index in [1.54, 1.807) is 11.8 Å². The molecule has 0 bridgehead atoms. The van der Waals surface area contributed by atoms with Crippen molar-refractivity contribution >= 4 is 23.2 Å². The summed E-state index contributed by atoms with van der Waals surface area (Å²) in [7, 11) is 0. The van der Waals surface area contributed by atoms with Crippen molar-refractivity contribution in [3.63, 3.8) is 0 Å². The minimum atomic E-state index is -0.966. The minimum absolute atomic E-state index is 0.0867. The number of nitrogens with one attached hydrogen (secondary N) is 1. The van der Waals surface area contributed by atoms with Crippen LogP contribution in [0.5, 0.6) is 0 Å². The van der Waals surface area contributed by atoms with Crippen LogP contribution in [0.4, 0.5) is 8.78 Å². The fraction of sp³-hybridized carbons (Fsp3) is 0.389. The largest absolute Gasteiger partial charge is 0.339 e. The molecule has 2 aromatic rings. The zero-order chi connectivity index (χ0) is 19.0. The van der Waals surface area contributed by atoms with Gasteiger partial charge < -0.3 is 10.2 Å². The number of halogens is 2. The van der Waals surface area contributed by atoms with Crippen LogP contribution in [0.15, 0.2) is 18.2 Å². The minimum Gasteiger partial charge on any atom is -0.339 e. The topological polar surface area (TPSA) is 62.3 Å². The molecule has 1 saturated heterocycles. The normalized spacial score (nSPS) is 17.2. The monoisotopic (exact) mass is 379 g/mol. The van der Waals surface area contributed by atoms with Crippen LogP contribution in [0.3, 0.4) is 0 Å². The maximum atomic E-state index is 13.4. The maximum Gasteiger partial charge on any atom is 0.263 e. The highest BCUT2D eigenvalue weighted by Gasteiger charge is 2.34. The molecule has 0 aliphatic carbocycles. The molecular weight excluding hydrogens is 360 g/mol. The number of nitrogens with zero attached hydrogens (tertiary/aromatic N) is 2. The summed E-state index contributed by atoms with van der Waals surface area (Å²) in [5, 5.41) is 3.19. The Balaban J connectivity index is 1.78. The quantitative estimate of drug-likeness (QED) is 0.888. The third-order valence-electron chi connectivity index (χ3n) is 4.34. The first-order valence-electron chi connectivity index (χ1n) is 8.32. The van der Waals surface area contributed by atoms with Gasteiger partial charge in [-0.2, -0.15) is 0 Å². The second-order valence-electron chi connectivity index (χ2n) is 6.50. The first-order valence-corrected chi connectivity index (χ1v) is 9.13. The van der Waals surface area contributed by atoms with Gasteiger partial charge in [0.2, 0.25) is 5.91 Å². The number of aryl methyl sites for hydroxylation is 1. The average molecular weight is 379 g/mol. The van der Waals surface area contributed by atoms with Crippen LogP contribution < -0.4 is 5.32 Å². The third kappa shape index (κ3) is 3.46. The number of hydrogen-bond donors (Lipinski definition) is 1. The molecule has 0 spiro atoms. The molecule has 26 heavy (non-hydrogen) atoms. The van der Waals surface area contributed by atoms with Gasteiger partial charge in [0, 0.05) is 18.2 Å². The summed E-state index contributed by atoms with van der Waals surface area (Å²) in [5.74, 6) is -2.37. The lowest BCUT2D eigenvalue weighted by Crippen LogP contribution is -2.43. The van der Waals surface area contributed by atoms with E-state index in [9.17, 15) is 18.4 Å². The van der Waals surface area contributed by atoms with Crippen molar-refractivity contribution in [1.29, 1.82) is 0 Å². The molecule has 0 unspecified atom stereocenters. The van der Waals surface area contributed by atoms with Crippen LogP contribution in [0, 0.1) is 18.6 Å². The highest BCUT2D eigenvalue weighted by Crippen LogP contribution is 2.29. The van der Waals surface area contributed by atoms with E-state index in [-0.39, 0.29) is 17.9 Å². The molecule has 2 amide bonds. The number of benzene rings is 1. The van der Waals surface area contributed by atoms with Gasteiger partial charge in [0.25, 0.3) is 5.91 Å². The van der Waals surface area contributed by atoms with E-state index in [1.165, 1.54) is 6.07 Å². The third-order valence-corrected chi connectivity index (χ3v) is 5.54. The predicted molar refractivity (Wildman–Crippen MR) is 94.9 cm³/mol. The second-order valence-corrected chi connectivity index (χ2v) is 7.50. The zero-order valence-corrected chi connectivity index (χ0v) is 15.5. The van der Waals surface area contributed by atoms with E-state index >= 15 is 0 Å². The number of likely N-dealkylation sites (tertiary alicyclic amines) is 1. The molecule has 1 fully saturated rings. The Kier molecular flexibility index (Phi) is 5.04. The van der Waals surface area contributed by atoms with E-state index in [2.05, 4.69) is 10.3 Å². The molecule has 138 valence electrons. The van der Waals surface area contributed by atoms with Crippen LogP contribution in [0.2, 0.25) is 0 Å². The molecule has 3 rings (SSSR count). The van der Waals surface area contributed by atoms with E-state index in [0.29, 0.717) is 34.1 Å². The Morgan fingerprint density at radius 3 is 2.69 bits per heavy atom. The molecule has 8 heteroatoms. The van der Waals surface area contributed by atoms with Gasteiger partial charge in [-0.1, -0.05) is 0 Å². The second kappa shape index (κ2) is 7.11. The lowest BCUT2D eigenvalue weighted by Gasteiger charge is -2.21. The van der Waals surface area contributed by atoms with E-state index in [4.69, 9.17) is 0 Å². The van der Waals surface area contributed by atoms with Crippen molar-refractivity contribution in [2.24, 2.45) is 0 Å². The Labute approximate surface area is 154 Å². The highest BCUT2D eigenvalue weighted by atomic mass is 32.1. The Morgan fingerprint density at radius 1 is 1.35 bits per heavy atom. The van der Waals surface area contributed by atoms with Crippen molar-refractivity contribution in [2.75, 3.05) is 6.54 Å². The first-order chi connectivity index (χ1) is 12.3. The van der Waals surface area contributed by atoms with Crippen LogP contribution in [-0.4, -0.2) is 40.3 Å². The average Bonchev–Trinajstić information content (AvgIpc) is 3.14. The maximum absolute atomic E-state index is 13.4. The zero-order valence-electron chi connectivity index (χ0n) is 14.7. The fourth-order valence-corrected chi connectivity index (χ4v) is 3.90. The number of carbonyl (C=O) groups is 2. The summed E-state index contributed by atoms with van der Waals surface area (Å²) < 4.78 is 26.5. The van der Waals surface area contributed by atoms with Crippen molar-refractivity contribution in [3.05, 3.63) is 40.4 Å². The van der Waals surface area contributed by atoms with Gasteiger partial charge in [-0.05, 0) is 45.4 Å². The van der Waals surface area contributed by atoms with Gasteiger partial charge >= 0.3 is 0 Å². The first kappa shape index (κ1) is 18.4. The molecule has 2 heterocycles. The Morgan fingerprint density at radius 2 is 2.08 bits per heavy atom. The van der Waals surface area contributed by atoms with Gasteiger partial charge in [0.1, 0.15) is 15.9 Å². The number of hydrogen-bond acceptors (Lipinski definition) is 4. The van der Waals surface area contributed by atoms with Crippen LogP contribution >= 0.6 is 11.3 Å². The summed E-state index contributed by atoms with van der Waals surface area (Å²) in [4.78, 5) is 31.3. The van der Waals surface area contributed by atoms with Crippen molar-refractivity contribution in [3.8, 4) is 10.6 Å². The van der Waals surface area contributed by atoms with Gasteiger partial charge in [0.05, 0.1) is 5.69 Å². The van der Waals surface area contributed by atoms with Gasteiger partial charge in [-0.25, -0.2) is 13.8 Å². The van der Waals surface area contributed by atoms with Gasteiger partial charge in [-0.3, -0.25) is 9.59 Å². The summed E-state index contributed by atoms with van der Waals surface area (Å²) in [6.07, 6.45) is 0.566. The van der Waals surface area contributed by atoms with Crippen molar-refractivity contribution < 1.29 is 18.4 Å². The Hall–Kier alpha value is -2.35. The standard InChI is InChI=1S/C18H19F2N3O2S/c1-9(2)23-7-6-14(18(23)25)22-16(24)15-10(3)21-17(26-15)11-4-5-12(19)13(20)8-11/h4-5,8-9,14H,6-7H2,1-3H3,(H,22,24)/t14-/m0/s1. The lowest BCUT2D eigenvalue weighted by atomic mass is 10.2. The summed E-state index contributed by atoms with van der Waals surface area (Å²) in [5.41, 5.74) is 0.886. The molecule has 5 nitrogen and oxygen atoms in total. The van der Waals surface area contributed by atoms with Crippen LogP contribution in [0.1, 0.15) is 35.6 Å². The SMILES string of the molecule is Cc1nc(-c2ccc(F)c(F)c2)sc1C(=O)N[C@H]1CCN(C(C)C)C1=O. The highest BCUT2D eigenvalue weighted by molar-refractivity contribution is 7.17. The van der Waals surface area contributed by atoms with Gasteiger partial charge in [0.15, 0.2) is 11.6 Å². The molecule has 1 aromatic carbocycles. The molecular formula is C18H19F2N3O2S. The van der Waals surface area contributed by atoms with Crippen LogP contribution in [-0.2, 0) is 4.79 Å². The number of carbonyl (C=O) groups excluding carboxylic acids is 2. The van der Waals surface area contributed by atoms with E-state index in [1.807, 2.05) is 13.8 Å². The smallest absolute Gasteiger partial charge is 0.263 e. The summed E-state index contributed by atoms with van der Waals surface area (Å²) in [6, 6.07) is 3.04. The molecule has 1 atom stereocenters. The molecule has 1 aromatic heterocycles. The molecule has 1 aliphatic heterocycles. The van der Waals surface area contributed by atoms with Crippen molar-refractivity contribution in [1.82, 2.24) is 15.2 Å².